The second-order valence-electron chi connectivity index (χ2n) is 5.74. The lowest BCUT2D eigenvalue weighted by Gasteiger charge is -2.23. The van der Waals surface area contributed by atoms with Crippen molar-refractivity contribution in [1.29, 1.82) is 0 Å². The maximum atomic E-state index is 12.2. The Balaban J connectivity index is 1.78. The molecule has 3 heteroatoms. The molecule has 2 atom stereocenters. The van der Waals surface area contributed by atoms with E-state index in [9.17, 15) is 4.79 Å². The Morgan fingerprint density at radius 3 is 2.47 bits per heavy atom. The molecular weight excluding hydrogens is 212 g/mol. The SMILES string of the molecule is CC(NC(=O)C1CCCCCC1)C1CCNC1. The molecule has 98 valence electrons. The monoisotopic (exact) mass is 238 g/mol. The smallest absolute Gasteiger partial charge is 0.223 e. The van der Waals surface area contributed by atoms with Crippen molar-refractivity contribution < 1.29 is 4.79 Å². The molecule has 2 aliphatic rings. The van der Waals surface area contributed by atoms with Gasteiger partial charge in [-0.25, -0.2) is 0 Å². The van der Waals surface area contributed by atoms with Crippen LogP contribution in [0, 0.1) is 11.8 Å². The Morgan fingerprint density at radius 1 is 1.18 bits per heavy atom. The average Bonchev–Trinajstić information content (AvgIpc) is 2.71. The van der Waals surface area contributed by atoms with Gasteiger partial charge in [-0.1, -0.05) is 25.7 Å². The van der Waals surface area contributed by atoms with Crippen LogP contribution in [0.1, 0.15) is 51.9 Å². The van der Waals surface area contributed by atoms with Crippen LogP contribution in [-0.2, 0) is 4.79 Å². The summed E-state index contributed by atoms with van der Waals surface area (Å²) in [7, 11) is 0. The van der Waals surface area contributed by atoms with Gasteiger partial charge in [-0.2, -0.15) is 0 Å². The molecule has 3 nitrogen and oxygen atoms in total. The van der Waals surface area contributed by atoms with E-state index in [-0.39, 0.29) is 5.92 Å². The van der Waals surface area contributed by atoms with Gasteiger partial charge in [0.05, 0.1) is 0 Å². The normalized spacial score (nSPS) is 28.6. The first-order valence-corrected chi connectivity index (χ1v) is 7.28. The van der Waals surface area contributed by atoms with Gasteiger partial charge in [0, 0.05) is 12.0 Å². The van der Waals surface area contributed by atoms with Crippen LogP contribution >= 0.6 is 0 Å². The van der Waals surface area contributed by atoms with E-state index in [0.717, 1.165) is 25.9 Å². The van der Waals surface area contributed by atoms with Gasteiger partial charge in [0.2, 0.25) is 5.91 Å². The van der Waals surface area contributed by atoms with Crippen molar-refractivity contribution in [3.05, 3.63) is 0 Å². The molecule has 1 saturated carbocycles. The van der Waals surface area contributed by atoms with E-state index in [2.05, 4.69) is 17.6 Å². The third-order valence-electron chi connectivity index (χ3n) is 4.40. The van der Waals surface area contributed by atoms with Gasteiger partial charge in [-0.3, -0.25) is 4.79 Å². The number of hydrogen-bond donors (Lipinski definition) is 2. The van der Waals surface area contributed by atoms with Crippen LogP contribution in [0.5, 0.6) is 0 Å². The van der Waals surface area contributed by atoms with Crippen molar-refractivity contribution in [1.82, 2.24) is 10.6 Å². The van der Waals surface area contributed by atoms with Crippen LogP contribution in [0.15, 0.2) is 0 Å². The number of hydrogen-bond acceptors (Lipinski definition) is 2. The van der Waals surface area contributed by atoms with Gasteiger partial charge in [0.1, 0.15) is 0 Å². The maximum absolute atomic E-state index is 12.2. The molecule has 0 radical (unpaired) electrons. The Labute approximate surface area is 105 Å². The van der Waals surface area contributed by atoms with Gasteiger partial charge in [0.25, 0.3) is 0 Å². The van der Waals surface area contributed by atoms with Crippen LogP contribution in [0.3, 0.4) is 0 Å². The highest BCUT2D eigenvalue weighted by atomic mass is 16.1. The summed E-state index contributed by atoms with van der Waals surface area (Å²) in [6.45, 7) is 4.33. The van der Waals surface area contributed by atoms with Crippen molar-refractivity contribution >= 4 is 5.91 Å². The number of amides is 1. The van der Waals surface area contributed by atoms with E-state index < -0.39 is 0 Å². The zero-order valence-electron chi connectivity index (χ0n) is 11.0. The molecule has 1 amide bonds. The fraction of sp³-hybridized carbons (Fsp3) is 0.929. The zero-order chi connectivity index (χ0) is 12.1. The van der Waals surface area contributed by atoms with Crippen molar-refractivity contribution in [3.63, 3.8) is 0 Å². The molecule has 0 bridgehead atoms. The summed E-state index contributed by atoms with van der Waals surface area (Å²) in [4.78, 5) is 12.2. The lowest BCUT2D eigenvalue weighted by atomic mass is 9.96. The van der Waals surface area contributed by atoms with Crippen LogP contribution in [0.4, 0.5) is 0 Å². The second-order valence-corrected chi connectivity index (χ2v) is 5.74. The Kier molecular flexibility index (Phi) is 4.84. The summed E-state index contributed by atoms with van der Waals surface area (Å²) >= 11 is 0. The summed E-state index contributed by atoms with van der Waals surface area (Å²) in [6.07, 6.45) is 8.49. The van der Waals surface area contributed by atoms with Gasteiger partial charge in [-0.15, -0.1) is 0 Å². The topological polar surface area (TPSA) is 41.1 Å². The number of rotatable bonds is 3. The summed E-state index contributed by atoms with van der Waals surface area (Å²) in [5, 5.41) is 6.61. The van der Waals surface area contributed by atoms with Gasteiger partial charge in [-0.05, 0) is 45.2 Å². The molecule has 0 spiro atoms. The fourth-order valence-electron chi connectivity index (χ4n) is 3.11. The summed E-state index contributed by atoms with van der Waals surface area (Å²) in [6, 6.07) is 0.334. The Bertz CT molecular complexity index is 241. The number of nitrogens with one attached hydrogen (secondary N) is 2. The van der Waals surface area contributed by atoms with E-state index in [0.29, 0.717) is 17.9 Å². The minimum absolute atomic E-state index is 0.286. The highest BCUT2D eigenvalue weighted by Crippen LogP contribution is 2.23. The van der Waals surface area contributed by atoms with Crippen molar-refractivity contribution in [2.45, 2.75) is 57.9 Å². The molecule has 1 aliphatic heterocycles. The lowest BCUT2D eigenvalue weighted by molar-refractivity contribution is -0.126. The molecule has 0 aromatic carbocycles. The quantitative estimate of drug-likeness (QED) is 0.739. The molecule has 0 aromatic rings. The van der Waals surface area contributed by atoms with E-state index >= 15 is 0 Å². The highest BCUT2D eigenvalue weighted by molar-refractivity contribution is 5.78. The largest absolute Gasteiger partial charge is 0.353 e. The average molecular weight is 238 g/mol. The van der Waals surface area contributed by atoms with E-state index in [1.165, 1.54) is 32.1 Å². The predicted octanol–water partition coefficient (Wildman–Crippen LogP) is 2.07. The predicted molar refractivity (Wildman–Crippen MR) is 69.8 cm³/mol. The molecule has 2 rings (SSSR count). The van der Waals surface area contributed by atoms with E-state index in [1.807, 2.05) is 0 Å². The van der Waals surface area contributed by atoms with Gasteiger partial charge >= 0.3 is 0 Å². The zero-order valence-corrected chi connectivity index (χ0v) is 11.0. The third-order valence-corrected chi connectivity index (χ3v) is 4.40. The van der Waals surface area contributed by atoms with Gasteiger partial charge in [0.15, 0.2) is 0 Å². The standard InChI is InChI=1S/C14H26N2O/c1-11(13-8-9-15-10-13)16-14(17)12-6-4-2-3-5-7-12/h11-13,15H,2-10H2,1H3,(H,16,17). The molecule has 1 heterocycles. The molecule has 0 aromatic heterocycles. The second kappa shape index (κ2) is 6.39. The minimum Gasteiger partial charge on any atom is -0.353 e. The molecule has 1 saturated heterocycles. The van der Waals surface area contributed by atoms with Crippen LogP contribution in [-0.4, -0.2) is 25.0 Å². The fourth-order valence-corrected chi connectivity index (χ4v) is 3.11. The molecule has 2 unspecified atom stereocenters. The summed E-state index contributed by atoms with van der Waals surface area (Å²) < 4.78 is 0. The molecule has 1 aliphatic carbocycles. The third kappa shape index (κ3) is 3.70. The molecular formula is C14H26N2O. The molecule has 2 N–H and O–H groups in total. The molecule has 17 heavy (non-hydrogen) atoms. The summed E-state index contributed by atoms with van der Waals surface area (Å²) in [5.41, 5.74) is 0. The first-order valence-electron chi connectivity index (χ1n) is 7.28. The van der Waals surface area contributed by atoms with E-state index in [1.54, 1.807) is 0 Å². The van der Waals surface area contributed by atoms with Crippen LogP contribution < -0.4 is 10.6 Å². The van der Waals surface area contributed by atoms with Crippen LogP contribution in [0.25, 0.3) is 0 Å². The van der Waals surface area contributed by atoms with Crippen molar-refractivity contribution in [2.75, 3.05) is 13.1 Å². The van der Waals surface area contributed by atoms with Gasteiger partial charge < -0.3 is 10.6 Å². The lowest BCUT2D eigenvalue weighted by Crippen LogP contribution is -2.42. The highest BCUT2D eigenvalue weighted by Gasteiger charge is 2.26. The molecule has 2 fully saturated rings. The first-order chi connectivity index (χ1) is 8.27. The Hall–Kier alpha value is -0.570. The maximum Gasteiger partial charge on any atom is 0.223 e. The van der Waals surface area contributed by atoms with Crippen LogP contribution in [0.2, 0.25) is 0 Å². The van der Waals surface area contributed by atoms with E-state index in [4.69, 9.17) is 0 Å². The number of carbonyl (C=O) groups is 1. The Morgan fingerprint density at radius 2 is 1.88 bits per heavy atom. The van der Waals surface area contributed by atoms with Crippen molar-refractivity contribution in [3.8, 4) is 0 Å². The van der Waals surface area contributed by atoms with Crippen molar-refractivity contribution in [2.24, 2.45) is 11.8 Å². The minimum atomic E-state index is 0.286. The summed E-state index contributed by atoms with van der Waals surface area (Å²) in [5.74, 6) is 1.23. The number of carbonyl (C=O) groups excluding carboxylic acids is 1. The first kappa shape index (κ1) is 12.9.